The van der Waals surface area contributed by atoms with Crippen molar-refractivity contribution in [3.05, 3.63) is 29.8 Å². The van der Waals surface area contributed by atoms with Crippen LogP contribution in [-0.4, -0.2) is 23.6 Å². The summed E-state index contributed by atoms with van der Waals surface area (Å²) >= 11 is 0. The number of benzene rings is 1. The van der Waals surface area contributed by atoms with Crippen LogP contribution in [0.5, 0.6) is 0 Å². The molecule has 0 bridgehead atoms. The second kappa shape index (κ2) is 5.81. The molecule has 0 spiro atoms. The van der Waals surface area contributed by atoms with Crippen LogP contribution in [0.4, 0.5) is 5.69 Å². The molecule has 0 radical (unpaired) electrons. The number of carboxylic acids is 1. The second-order valence-corrected chi connectivity index (χ2v) is 4.37. The molecule has 19 heavy (non-hydrogen) atoms. The Labute approximate surface area is 110 Å². The predicted octanol–water partition coefficient (Wildman–Crippen LogP) is 1.22. The minimum atomic E-state index is -0.888. The molecule has 1 aromatic carbocycles. The molecule has 1 unspecified atom stereocenters. The third kappa shape index (κ3) is 3.10. The first-order valence-electron chi connectivity index (χ1n) is 6.12. The van der Waals surface area contributed by atoms with Crippen molar-refractivity contribution in [3.8, 4) is 0 Å². The lowest BCUT2D eigenvalue weighted by Gasteiger charge is -2.21. The topological polar surface area (TPSA) is 92.9 Å². The fourth-order valence-corrected chi connectivity index (χ4v) is 2.02. The molecule has 1 heterocycles. The summed E-state index contributed by atoms with van der Waals surface area (Å²) in [7, 11) is 0. The van der Waals surface area contributed by atoms with Crippen LogP contribution < -0.4 is 10.8 Å². The van der Waals surface area contributed by atoms with E-state index in [1.165, 1.54) is 5.06 Å². The first kappa shape index (κ1) is 13.5. The van der Waals surface area contributed by atoms with Gasteiger partial charge in [0.05, 0.1) is 18.7 Å². The van der Waals surface area contributed by atoms with Gasteiger partial charge in [0.2, 0.25) is 0 Å². The van der Waals surface area contributed by atoms with Crippen LogP contribution in [0.25, 0.3) is 0 Å². The Morgan fingerprint density at radius 1 is 1.47 bits per heavy atom. The van der Waals surface area contributed by atoms with Gasteiger partial charge < -0.3 is 10.8 Å². The number of hydroxylamine groups is 1. The summed E-state index contributed by atoms with van der Waals surface area (Å²) < 4.78 is 0. The van der Waals surface area contributed by atoms with Gasteiger partial charge in [-0.25, -0.2) is 0 Å². The van der Waals surface area contributed by atoms with Crippen molar-refractivity contribution in [3.63, 3.8) is 0 Å². The molecule has 0 aromatic heterocycles. The third-order valence-electron chi connectivity index (χ3n) is 2.99. The first-order chi connectivity index (χ1) is 9.09. The van der Waals surface area contributed by atoms with Crippen LogP contribution in [-0.2, 0) is 14.4 Å². The zero-order chi connectivity index (χ0) is 13.8. The number of carbonyl (C=O) groups excluding carboxylic acids is 1. The second-order valence-electron chi connectivity index (χ2n) is 4.37. The highest BCUT2D eigenvalue weighted by Gasteiger charge is 2.26. The van der Waals surface area contributed by atoms with Crippen molar-refractivity contribution in [2.45, 2.75) is 25.3 Å². The summed E-state index contributed by atoms with van der Waals surface area (Å²) in [4.78, 5) is 27.5. The number of aliphatic carboxylic acids is 1. The molecule has 0 aliphatic carbocycles. The van der Waals surface area contributed by atoms with E-state index in [0.29, 0.717) is 25.1 Å². The number of nitrogens with zero attached hydrogens (tertiary/aromatic N) is 1. The molecule has 3 N–H and O–H groups in total. The van der Waals surface area contributed by atoms with Crippen molar-refractivity contribution in [1.29, 1.82) is 0 Å². The zero-order valence-corrected chi connectivity index (χ0v) is 10.4. The molecular weight excluding hydrogens is 248 g/mol. The van der Waals surface area contributed by atoms with E-state index in [1.54, 1.807) is 24.3 Å². The lowest BCUT2D eigenvalue weighted by molar-refractivity contribution is -0.137. The Bertz CT molecular complexity index is 489. The number of rotatable bonds is 5. The smallest absolute Gasteiger partial charge is 0.303 e. The minimum Gasteiger partial charge on any atom is -0.481 e. The summed E-state index contributed by atoms with van der Waals surface area (Å²) in [6, 6.07) is 6.69. The molecule has 1 aliphatic rings. The SMILES string of the molecule is NC(CCC(=O)O)c1ccccc1N1OCCC1=O. The van der Waals surface area contributed by atoms with E-state index in [-0.39, 0.29) is 12.3 Å². The van der Waals surface area contributed by atoms with Crippen LogP contribution in [0.3, 0.4) is 0 Å². The van der Waals surface area contributed by atoms with Crippen molar-refractivity contribution >= 4 is 17.6 Å². The van der Waals surface area contributed by atoms with Gasteiger partial charge in [-0.15, -0.1) is 0 Å². The van der Waals surface area contributed by atoms with E-state index in [9.17, 15) is 9.59 Å². The first-order valence-corrected chi connectivity index (χ1v) is 6.12. The molecule has 1 atom stereocenters. The zero-order valence-electron chi connectivity index (χ0n) is 10.4. The molecule has 0 saturated carbocycles. The lowest BCUT2D eigenvalue weighted by Crippen LogP contribution is -2.25. The Morgan fingerprint density at radius 2 is 2.21 bits per heavy atom. The van der Waals surface area contributed by atoms with E-state index in [0.717, 1.165) is 5.56 Å². The summed E-state index contributed by atoms with van der Waals surface area (Å²) in [6.07, 6.45) is 0.650. The van der Waals surface area contributed by atoms with Crippen LogP contribution in [0.2, 0.25) is 0 Å². The third-order valence-corrected chi connectivity index (χ3v) is 2.99. The van der Waals surface area contributed by atoms with E-state index in [4.69, 9.17) is 15.7 Å². The average Bonchev–Trinajstić information content (AvgIpc) is 2.82. The quantitative estimate of drug-likeness (QED) is 0.834. The van der Waals surface area contributed by atoms with E-state index < -0.39 is 12.0 Å². The summed E-state index contributed by atoms with van der Waals surface area (Å²) in [6.45, 7) is 0.359. The average molecular weight is 264 g/mol. The molecule has 6 heteroatoms. The molecule has 102 valence electrons. The van der Waals surface area contributed by atoms with Gasteiger partial charge >= 0.3 is 5.97 Å². The Kier molecular flexibility index (Phi) is 4.13. The molecule has 2 rings (SSSR count). The normalized spacial score (nSPS) is 16.7. The number of nitrogens with two attached hydrogens (primary N) is 1. The molecule has 1 fully saturated rings. The van der Waals surface area contributed by atoms with Crippen LogP contribution >= 0.6 is 0 Å². The number of carboxylic acid groups (broad SMARTS) is 1. The molecule has 1 aromatic rings. The van der Waals surface area contributed by atoms with Gasteiger partial charge in [-0.2, -0.15) is 5.06 Å². The minimum absolute atomic E-state index is 0.00962. The van der Waals surface area contributed by atoms with Gasteiger partial charge in [-0.1, -0.05) is 18.2 Å². The molecule has 1 amide bonds. The maximum absolute atomic E-state index is 11.7. The van der Waals surface area contributed by atoms with Crippen LogP contribution in [0.15, 0.2) is 24.3 Å². The van der Waals surface area contributed by atoms with E-state index >= 15 is 0 Å². The predicted molar refractivity (Wildman–Crippen MR) is 68.3 cm³/mol. The fraction of sp³-hybridized carbons (Fsp3) is 0.385. The van der Waals surface area contributed by atoms with Gasteiger partial charge in [0, 0.05) is 12.5 Å². The number of anilines is 1. The highest BCUT2D eigenvalue weighted by atomic mass is 16.7. The lowest BCUT2D eigenvalue weighted by atomic mass is 10.0. The molecule has 6 nitrogen and oxygen atoms in total. The summed E-state index contributed by atoms with van der Waals surface area (Å²) in [5, 5.41) is 9.93. The number of hydrogen-bond donors (Lipinski definition) is 2. The molecule has 1 aliphatic heterocycles. The highest BCUT2D eigenvalue weighted by molar-refractivity contribution is 5.93. The van der Waals surface area contributed by atoms with E-state index in [1.807, 2.05) is 0 Å². The molecule has 1 saturated heterocycles. The number of carbonyl (C=O) groups is 2. The summed E-state index contributed by atoms with van der Waals surface area (Å²) in [5.74, 6) is -1.00. The van der Waals surface area contributed by atoms with E-state index in [2.05, 4.69) is 0 Å². The Morgan fingerprint density at radius 3 is 2.84 bits per heavy atom. The largest absolute Gasteiger partial charge is 0.481 e. The standard InChI is InChI=1S/C13H16N2O4/c14-10(5-6-13(17)18)9-3-1-2-4-11(9)15-12(16)7-8-19-15/h1-4,10H,5-8,14H2,(H,17,18). The highest BCUT2D eigenvalue weighted by Crippen LogP contribution is 2.30. The fourth-order valence-electron chi connectivity index (χ4n) is 2.02. The van der Waals surface area contributed by atoms with Crippen LogP contribution in [0, 0.1) is 0 Å². The van der Waals surface area contributed by atoms with Gasteiger partial charge in [-0.3, -0.25) is 14.4 Å². The number of amides is 1. The Hall–Kier alpha value is -1.92. The maximum Gasteiger partial charge on any atom is 0.303 e. The monoisotopic (exact) mass is 264 g/mol. The van der Waals surface area contributed by atoms with Gasteiger partial charge in [0.1, 0.15) is 0 Å². The van der Waals surface area contributed by atoms with Gasteiger partial charge in [0.15, 0.2) is 0 Å². The van der Waals surface area contributed by atoms with Crippen molar-refractivity contribution in [2.24, 2.45) is 5.73 Å². The van der Waals surface area contributed by atoms with Gasteiger partial charge in [-0.05, 0) is 18.1 Å². The Balaban J connectivity index is 2.20. The summed E-state index contributed by atoms with van der Waals surface area (Å²) in [5.41, 5.74) is 7.32. The van der Waals surface area contributed by atoms with Crippen molar-refractivity contribution in [1.82, 2.24) is 0 Å². The van der Waals surface area contributed by atoms with Gasteiger partial charge in [0.25, 0.3) is 5.91 Å². The molecular formula is C13H16N2O4. The maximum atomic E-state index is 11.7. The van der Waals surface area contributed by atoms with Crippen molar-refractivity contribution < 1.29 is 19.5 Å². The van der Waals surface area contributed by atoms with Crippen LogP contribution in [0.1, 0.15) is 30.9 Å². The number of hydrogen-bond acceptors (Lipinski definition) is 4. The number of para-hydroxylation sites is 1. The van der Waals surface area contributed by atoms with Crippen molar-refractivity contribution in [2.75, 3.05) is 11.7 Å².